The second-order valence-electron chi connectivity index (χ2n) is 14.9. The fourth-order valence-electron chi connectivity index (χ4n) is 7.55. The molecule has 4 aromatic rings. The van der Waals surface area contributed by atoms with E-state index in [2.05, 4.69) is 28.8 Å². The number of carbonyl (C=O) groups is 1. The van der Waals surface area contributed by atoms with Crippen molar-refractivity contribution in [3.8, 4) is 11.3 Å². The lowest BCUT2D eigenvalue weighted by Crippen LogP contribution is -2.41. The summed E-state index contributed by atoms with van der Waals surface area (Å²) < 4.78 is 71.7. The maximum atomic E-state index is 14.3. The van der Waals surface area contributed by atoms with Crippen molar-refractivity contribution in [3.05, 3.63) is 131 Å². The summed E-state index contributed by atoms with van der Waals surface area (Å²) in [5.41, 5.74) is 6.62. The number of fused-ring (bicyclic) bond motifs is 2. The number of Topliss-reactive ketones (excluding diaryl/α,β-unsaturated/α-hetero) is 1. The molecule has 3 aliphatic rings. The maximum Gasteiger partial charge on any atom is 0.294 e. The molecule has 2 heterocycles. The van der Waals surface area contributed by atoms with Crippen molar-refractivity contribution in [3.63, 3.8) is 0 Å². The molecule has 0 amide bonds. The quantitative estimate of drug-likeness (QED) is 0.0846. The van der Waals surface area contributed by atoms with Gasteiger partial charge in [0, 0.05) is 85.0 Å². The zero-order valence-corrected chi connectivity index (χ0v) is 33.8. The van der Waals surface area contributed by atoms with Crippen molar-refractivity contribution in [2.45, 2.75) is 49.8 Å². The van der Waals surface area contributed by atoms with Crippen LogP contribution in [-0.4, -0.2) is 58.7 Å². The smallest absolute Gasteiger partial charge is 0.294 e. The van der Waals surface area contributed by atoms with Crippen LogP contribution in [0.3, 0.4) is 0 Å². The van der Waals surface area contributed by atoms with Crippen LogP contribution in [-0.2, 0) is 31.4 Å². The monoisotopic (exact) mass is 792 g/mol. The Morgan fingerprint density at radius 1 is 0.875 bits per heavy atom. The molecule has 1 aliphatic carbocycles. The first kappa shape index (κ1) is 39.1. The van der Waals surface area contributed by atoms with Gasteiger partial charge in [0.2, 0.25) is 21.1 Å². The van der Waals surface area contributed by atoms with E-state index in [0.29, 0.717) is 54.9 Å². The Labute approximate surface area is 328 Å². The first-order valence-corrected chi connectivity index (χ1v) is 21.6. The van der Waals surface area contributed by atoms with Gasteiger partial charge < -0.3 is 9.32 Å². The molecule has 4 aromatic carbocycles. The first-order valence-electron chi connectivity index (χ1n) is 18.7. The van der Waals surface area contributed by atoms with E-state index < -0.39 is 20.1 Å². The molecule has 290 valence electrons. The molecule has 1 fully saturated rings. The molecule has 0 bridgehead atoms. The molecule has 56 heavy (non-hydrogen) atoms. The summed E-state index contributed by atoms with van der Waals surface area (Å²) >= 11 is 0. The van der Waals surface area contributed by atoms with Crippen molar-refractivity contribution < 1.29 is 30.6 Å². The zero-order chi connectivity index (χ0) is 39.9. The highest BCUT2D eigenvalue weighted by Gasteiger charge is 2.34. The topological polar surface area (TPSA) is 128 Å². The number of nitrogens with zero attached hydrogens (tertiary/aromatic N) is 3. The number of aryl methyl sites for hydroxylation is 1. The molecule has 2 aliphatic heterocycles. The molecule has 0 aromatic heterocycles. The van der Waals surface area contributed by atoms with Crippen LogP contribution in [0.25, 0.3) is 22.3 Å². The Kier molecular flexibility index (Phi) is 10.8. The van der Waals surface area contributed by atoms with Crippen LogP contribution in [0.2, 0.25) is 0 Å². The highest BCUT2D eigenvalue weighted by molar-refractivity contribution is 7.89. The number of hydrogen-bond donors (Lipinski definition) is 1. The highest BCUT2D eigenvalue weighted by atomic mass is 32.2. The normalized spacial score (nSPS) is 15.1. The van der Waals surface area contributed by atoms with Crippen molar-refractivity contribution in [2.24, 2.45) is 11.8 Å². The summed E-state index contributed by atoms with van der Waals surface area (Å²) in [5.74, 6) is 0.602. The molecule has 0 unspecified atom stereocenters. The molecule has 0 atom stereocenters. The van der Waals surface area contributed by atoms with E-state index in [0.717, 1.165) is 38.8 Å². The van der Waals surface area contributed by atoms with Gasteiger partial charge in [0.25, 0.3) is 10.1 Å². The van der Waals surface area contributed by atoms with Crippen LogP contribution in [0.4, 0.5) is 17.1 Å². The predicted octanol–water partition coefficient (Wildman–Crippen LogP) is 7.81. The Bertz CT molecular complexity index is 2700. The third-order valence-electron chi connectivity index (χ3n) is 10.9. The third-order valence-corrected chi connectivity index (χ3v) is 13.8. The Morgan fingerprint density at radius 3 is 2.20 bits per heavy atom. The summed E-state index contributed by atoms with van der Waals surface area (Å²) in [7, 11) is -4.36. The largest absolute Gasteiger partial charge is 0.456 e. The second kappa shape index (κ2) is 15.4. The maximum absolute atomic E-state index is 14.3. The van der Waals surface area contributed by atoms with Gasteiger partial charge in [-0.3, -0.25) is 9.35 Å². The van der Waals surface area contributed by atoms with Gasteiger partial charge in [-0.15, -0.1) is 0 Å². The number of carbonyl (C=O) groups excluding carboxylic acids is 1. The number of rotatable bonds is 10. The van der Waals surface area contributed by atoms with E-state index in [1.54, 1.807) is 24.3 Å². The van der Waals surface area contributed by atoms with Crippen LogP contribution in [0.15, 0.2) is 123 Å². The lowest BCUT2D eigenvalue weighted by molar-refractivity contribution is -0.126. The van der Waals surface area contributed by atoms with Crippen molar-refractivity contribution >= 4 is 54.0 Å². The fraction of sp³-hybridized carbons (Fsp3) is 0.273. The zero-order valence-electron chi connectivity index (χ0n) is 32.1. The molecular formula is C44H46N3O7S2+. The van der Waals surface area contributed by atoms with E-state index in [4.69, 9.17) is 4.42 Å². The average Bonchev–Trinajstić information content (AvgIpc) is 3.19. The summed E-state index contributed by atoms with van der Waals surface area (Å²) in [6.07, 6.45) is 1.32. The molecule has 0 saturated carbocycles. The van der Waals surface area contributed by atoms with Gasteiger partial charge in [0.1, 0.15) is 24.2 Å². The van der Waals surface area contributed by atoms with Crippen molar-refractivity contribution in [1.82, 2.24) is 8.88 Å². The Morgan fingerprint density at radius 2 is 1.54 bits per heavy atom. The van der Waals surface area contributed by atoms with E-state index in [9.17, 15) is 26.2 Å². The van der Waals surface area contributed by atoms with Crippen LogP contribution >= 0.6 is 0 Å². The number of hydrogen-bond acceptors (Lipinski definition) is 7. The molecule has 1 saturated heterocycles. The summed E-state index contributed by atoms with van der Waals surface area (Å²) in [4.78, 5) is 14.6. The predicted molar refractivity (Wildman–Crippen MR) is 220 cm³/mol. The van der Waals surface area contributed by atoms with Crippen molar-refractivity contribution in [2.75, 3.05) is 32.1 Å². The molecule has 1 N–H and O–H groups in total. The number of ketones is 1. The number of benzene rings is 5. The standard InChI is InChI=1S/C44H45N3O7S2/c1-29(2)44(48)31-22-24-47(25-23-31)55(49,50)43-9-7-6-8-32(43)26-40-38-20-16-35(45(4)33-12-10-30(3)11-13-33)27-41(38)54-42-28-36(17-21-39(40)42)46(5)34-14-18-37(19-15-34)56(51,52)53/h6-21,27-29,31H,22-26H2,1-5H3/p+1. The molecule has 12 heteroatoms. The minimum absolute atomic E-state index is 0.0822. The Hall–Kier alpha value is -5.14. The van der Waals surface area contributed by atoms with Gasteiger partial charge in [-0.25, -0.2) is 8.42 Å². The minimum Gasteiger partial charge on any atom is -0.456 e. The lowest BCUT2D eigenvalue weighted by Gasteiger charge is -2.31. The fourth-order valence-corrected chi connectivity index (χ4v) is 9.72. The summed E-state index contributed by atoms with van der Waals surface area (Å²) in [6.45, 7) is 6.42. The second-order valence-corrected chi connectivity index (χ2v) is 18.2. The van der Waals surface area contributed by atoms with Gasteiger partial charge in [-0.05, 0) is 79.4 Å². The third kappa shape index (κ3) is 7.79. The van der Waals surface area contributed by atoms with E-state index in [1.165, 1.54) is 16.4 Å². The number of piperidine rings is 1. The minimum atomic E-state index is -4.34. The van der Waals surface area contributed by atoms with Gasteiger partial charge >= 0.3 is 0 Å². The lowest BCUT2D eigenvalue weighted by atomic mass is 9.88. The SMILES string of the molecule is Cc1ccc(/[N+](C)=c2\ccc3c(Cc4ccccc4S(=O)(=O)N4CCC(C(=O)C(C)C)CC4)c4ccc(N(C)c5ccc(S(=O)(=O)O)cc5)cc4oc-3c2)cc1. The van der Waals surface area contributed by atoms with E-state index >= 15 is 0 Å². The van der Waals surface area contributed by atoms with E-state index in [1.807, 2.05) is 88.3 Å². The van der Waals surface area contributed by atoms with Crippen molar-refractivity contribution in [1.29, 1.82) is 0 Å². The molecule has 10 nitrogen and oxygen atoms in total. The van der Waals surface area contributed by atoms with Crippen LogP contribution < -0.4 is 14.8 Å². The first-order chi connectivity index (χ1) is 26.6. The van der Waals surface area contributed by atoms with Gasteiger partial charge in [0.15, 0.2) is 0 Å². The van der Waals surface area contributed by atoms with Crippen LogP contribution in [0.5, 0.6) is 0 Å². The summed E-state index contributed by atoms with van der Waals surface area (Å²) in [5, 5.41) is 1.72. The van der Waals surface area contributed by atoms with Gasteiger partial charge in [-0.1, -0.05) is 49.7 Å². The van der Waals surface area contributed by atoms with Gasteiger partial charge in [-0.2, -0.15) is 17.3 Å². The van der Waals surface area contributed by atoms with Crippen LogP contribution in [0.1, 0.15) is 43.4 Å². The number of sulfonamides is 1. The molecule has 7 rings (SSSR count). The molecule has 0 radical (unpaired) electrons. The highest BCUT2D eigenvalue weighted by Crippen LogP contribution is 2.38. The number of anilines is 2. The van der Waals surface area contributed by atoms with E-state index in [-0.39, 0.29) is 27.4 Å². The summed E-state index contributed by atoms with van der Waals surface area (Å²) in [6, 6.07) is 33.2. The van der Waals surface area contributed by atoms with Crippen LogP contribution in [0, 0.1) is 18.8 Å². The molecule has 0 spiro atoms. The Balaban J connectivity index is 1.33. The van der Waals surface area contributed by atoms with Gasteiger partial charge in [0.05, 0.1) is 15.9 Å². The average molecular weight is 793 g/mol. The molecular weight excluding hydrogens is 747 g/mol.